The largest absolute Gasteiger partial charge is 0.482 e. The first-order chi connectivity index (χ1) is 10.8. The molecular weight excluding hydrogens is 320 g/mol. The number of anilines is 1. The smallest absolute Gasteiger partial charge is 0.264 e. The average Bonchev–Trinajstić information content (AvgIpc) is 2.89. The van der Waals surface area contributed by atoms with E-state index in [1.807, 2.05) is 0 Å². The fraction of sp³-hybridized carbons (Fsp3) is 0.467. The minimum atomic E-state index is -3.05. The maximum Gasteiger partial charge on any atom is 0.264 e. The van der Waals surface area contributed by atoms with Crippen molar-refractivity contribution in [3.05, 3.63) is 23.8 Å². The first-order valence-corrected chi connectivity index (χ1v) is 9.11. The Kier molecular flexibility index (Phi) is 3.79. The van der Waals surface area contributed by atoms with Gasteiger partial charge in [-0.1, -0.05) is 0 Å². The normalized spacial score (nSPS) is 22.4. The third kappa shape index (κ3) is 2.90. The number of fused-ring (bicyclic) bond motifs is 1. The maximum atomic E-state index is 12.6. The summed E-state index contributed by atoms with van der Waals surface area (Å²) in [5.41, 5.74) is 0.945. The molecule has 1 atom stereocenters. The van der Waals surface area contributed by atoms with E-state index < -0.39 is 9.84 Å². The van der Waals surface area contributed by atoms with Crippen LogP contribution in [0, 0.1) is 0 Å². The van der Waals surface area contributed by atoms with Gasteiger partial charge in [0.1, 0.15) is 5.75 Å². The van der Waals surface area contributed by atoms with Crippen LogP contribution in [0.5, 0.6) is 5.75 Å². The van der Waals surface area contributed by atoms with Gasteiger partial charge in [0.25, 0.3) is 11.8 Å². The summed E-state index contributed by atoms with van der Waals surface area (Å²) in [4.78, 5) is 27.2. The molecule has 1 aromatic rings. The number of carbonyl (C=O) groups excluding carboxylic acids is 2. The molecular formula is C15H18N2O5S. The number of hydrogen-bond donors (Lipinski definition) is 0. The van der Waals surface area contributed by atoms with Gasteiger partial charge in [0.05, 0.1) is 17.2 Å². The lowest BCUT2D eigenvalue weighted by molar-refractivity contribution is -0.120. The summed E-state index contributed by atoms with van der Waals surface area (Å²) in [5.74, 6) is 0.222. The van der Waals surface area contributed by atoms with E-state index in [4.69, 9.17) is 4.74 Å². The van der Waals surface area contributed by atoms with E-state index in [-0.39, 0.29) is 36.0 Å². The Labute approximate surface area is 134 Å². The van der Waals surface area contributed by atoms with E-state index in [0.29, 0.717) is 23.4 Å². The predicted octanol–water partition coefficient (Wildman–Crippen LogP) is 0.301. The predicted molar refractivity (Wildman–Crippen MR) is 84.5 cm³/mol. The summed E-state index contributed by atoms with van der Waals surface area (Å²) < 4.78 is 28.5. The molecule has 2 aliphatic heterocycles. The third-order valence-electron chi connectivity index (χ3n) is 4.37. The van der Waals surface area contributed by atoms with E-state index in [9.17, 15) is 18.0 Å². The molecule has 1 saturated heterocycles. The zero-order valence-electron chi connectivity index (χ0n) is 13.0. The molecule has 0 bridgehead atoms. The van der Waals surface area contributed by atoms with Gasteiger partial charge >= 0.3 is 0 Å². The van der Waals surface area contributed by atoms with Crippen LogP contribution in [0.4, 0.5) is 5.69 Å². The first kappa shape index (κ1) is 15.8. The molecule has 3 rings (SSSR count). The van der Waals surface area contributed by atoms with E-state index in [1.54, 1.807) is 32.3 Å². The summed E-state index contributed by atoms with van der Waals surface area (Å²) in [5, 5.41) is 0. The molecule has 7 nitrogen and oxygen atoms in total. The monoisotopic (exact) mass is 338 g/mol. The molecule has 0 N–H and O–H groups in total. The zero-order chi connectivity index (χ0) is 16.8. The number of ether oxygens (including phenoxy) is 1. The second kappa shape index (κ2) is 5.52. The van der Waals surface area contributed by atoms with Crippen molar-refractivity contribution in [2.24, 2.45) is 0 Å². The number of hydrogen-bond acceptors (Lipinski definition) is 5. The summed E-state index contributed by atoms with van der Waals surface area (Å²) >= 11 is 0. The lowest BCUT2D eigenvalue weighted by Crippen LogP contribution is -2.38. The molecule has 8 heteroatoms. The molecule has 2 amide bonds. The van der Waals surface area contributed by atoms with Crippen molar-refractivity contribution in [1.82, 2.24) is 4.90 Å². The number of rotatable bonds is 2. The van der Waals surface area contributed by atoms with Crippen LogP contribution < -0.4 is 9.64 Å². The highest BCUT2D eigenvalue weighted by Crippen LogP contribution is 2.32. The molecule has 2 heterocycles. The highest BCUT2D eigenvalue weighted by molar-refractivity contribution is 7.91. The Morgan fingerprint density at radius 2 is 2.13 bits per heavy atom. The molecule has 0 saturated carbocycles. The van der Waals surface area contributed by atoms with Gasteiger partial charge < -0.3 is 14.5 Å². The number of sulfone groups is 1. The van der Waals surface area contributed by atoms with Gasteiger partial charge in [0, 0.05) is 25.7 Å². The van der Waals surface area contributed by atoms with Crippen molar-refractivity contribution in [2.75, 3.05) is 37.1 Å². The van der Waals surface area contributed by atoms with E-state index >= 15 is 0 Å². The van der Waals surface area contributed by atoms with Crippen molar-refractivity contribution in [3.63, 3.8) is 0 Å². The minimum Gasteiger partial charge on any atom is -0.482 e. The fourth-order valence-electron chi connectivity index (χ4n) is 2.86. The van der Waals surface area contributed by atoms with Gasteiger partial charge in [0.2, 0.25) is 0 Å². The Hall–Kier alpha value is -2.09. The molecule has 0 radical (unpaired) electrons. The first-order valence-electron chi connectivity index (χ1n) is 7.29. The standard InChI is InChI=1S/C15H18N2O5S/c1-16(11-5-6-23(20,21)9-11)15(19)10-3-4-13-12(7-10)17(2)14(18)8-22-13/h3-4,7,11H,5-6,8-9H2,1-2H3. The fourth-order valence-corrected chi connectivity index (χ4v) is 4.63. The molecule has 1 fully saturated rings. The third-order valence-corrected chi connectivity index (χ3v) is 6.12. The van der Waals surface area contributed by atoms with Crippen molar-refractivity contribution < 1.29 is 22.7 Å². The Balaban J connectivity index is 1.84. The summed E-state index contributed by atoms with van der Waals surface area (Å²) in [7, 11) is 0.187. The topological polar surface area (TPSA) is 84.0 Å². The Bertz CT molecular complexity index is 774. The summed E-state index contributed by atoms with van der Waals surface area (Å²) in [6, 6.07) is 4.59. The summed E-state index contributed by atoms with van der Waals surface area (Å²) in [6.07, 6.45) is 0.455. The zero-order valence-corrected chi connectivity index (χ0v) is 13.8. The lowest BCUT2D eigenvalue weighted by atomic mass is 10.1. The summed E-state index contributed by atoms with van der Waals surface area (Å²) in [6.45, 7) is -0.0172. The van der Waals surface area contributed by atoms with Crippen molar-refractivity contribution in [3.8, 4) is 5.75 Å². The second-order valence-corrected chi connectivity index (χ2v) is 8.13. The van der Waals surface area contributed by atoms with Gasteiger partial charge in [-0.25, -0.2) is 8.42 Å². The van der Waals surface area contributed by atoms with Crippen LogP contribution in [-0.4, -0.2) is 63.4 Å². The van der Waals surface area contributed by atoms with Gasteiger partial charge in [0.15, 0.2) is 16.4 Å². The molecule has 124 valence electrons. The number of amides is 2. The molecule has 0 spiro atoms. The quantitative estimate of drug-likeness (QED) is 0.774. The van der Waals surface area contributed by atoms with Crippen LogP contribution in [0.3, 0.4) is 0 Å². The van der Waals surface area contributed by atoms with E-state index in [0.717, 1.165) is 0 Å². The van der Waals surface area contributed by atoms with E-state index in [1.165, 1.54) is 9.80 Å². The van der Waals surface area contributed by atoms with Crippen molar-refractivity contribution >= 4 is 27.3 Å². The van der Waals surface area contributed by atoms with Crippen LogP contribution in [0.1, 0.15) is 16.8 Å². The molecule has 0 aliphatic carbocycles. The molecule has 1 aromatic carbocycles. The molecule has 1 unspecified atom stereocenters. The number of likely N-dealkylation sites (N-methyl/N-ethyl adjacent to an activating group) is 1. The van der Waals surface area contributed by atoms with Crippen LogP contribution in [0.25, 0.3) is 0 Å². The highest BCUT2D eigenvalue weighted by atomic mass is 32.2. The Morgan fingerprint density at radius 1 is 1.39 bits per heavy atom. The number of nitrogens with zero attached hydrogens (tertiary/aromatic N) is 2. The SMILES string of the molecule is CN1C(=O)COc2ccc(C(=O)N(C)C3CCS(=O)(=O)C3)cc21. The van der Waals surface area contributed by atoms with E-state index in [2.05, 4.69) is 0 Å². The van der Waals surface area contributed by atoms with Gasteiger partial charge in [-0.3, -0.25) is 9.59 Å². The van der Waals surface area contributed by atoms with Crippen LogP contribution in [0.15, 0.2) is 18.2 Å². The molecule has 23 heavy (non-hydrogen) atoms. The molecule has 0 aromatic heterocycles. The lowest BCUT2D eigenvalue weighted by Gasteiger charge is -2.27. The number of carbonyl (C=O) groups is 2. The maximum absolute atomic E-state index is 12.6. The Morgan fingerprint density at radius 3 is 2.78 bits per heavy atom. The van der Waals surface area contributed by atoms with Crippen LogP contribution in [-0.2, 0) is 14.6 Å². The van der Waals surface area contributed by atoms with Gasteiger partial charge in [-0.05, 0) is 24.6 Å². The van der Waals surface area contributed by atoms with Gasteiger partial charge in [-0.15, -0.1) is 0 Å². The van der Waals surface area contributed by atoms with Gasteiger partial charge in [-0.2, -0.15) is 0 Å². The number of benzene rings is 1. The van der Waals surface area contributed by atoms with Crippen LogP contribution in [0.2, 0.25) is 0 Å². The average molecular weight is 338 g/mol. The van der Waals surface area contributed by atoms with Crippen LogP contribution >= 0.6 is 0 Å². The molecule has 2 aliphatic rings. The highest BCUT2D eigenvalue weighted by Gasteiger charge is 2.33. The van der Waals surface area contributed by atoms with Crippen molar-refractivity contribution in [1.29, 1.82) is 0 Å². The van der Waals surface area contributed by atoms with Crippen molar-refractivity contribution in [2.45, 2.75) is 12.5 Å². The minimum absolute atomic E-state index is 0.00167. The second-order valence-electron chi connectivity index (χ2n) is 5.90.